The largest absolute Gasteiger partial charge is 0.302 e. The third-order valence-electron chi connectivity index (χ3n) is 5.98. The number of rotatable bonds is 5. The lowest BCUT2D eigenvalue weighted by Gasteiger charge is -2.14. The molecule has 3 aromatic heterocycles. The number of aryl methyl sites for hydroxylation is 1. The van der Waals surface area contributed by atoms with Crippen LogP contribution in [-0.4, -0.2) is 25.7 Å². The van der Waals surface area contributed by atoms with Crippen LogP contribution in [0.2, 0.25) is 5.02 Å². The zero-order valence-corrected chi connectivity index (χ0v) is 20.2. The summed E-state index contributed by atoms with van der Waals surface area (Å²) in [4.78, 5) is 22.7. The molecule has 1 N–H and O–H groups in total. The minimum atomic E-state index is -0.0850. The van der Waals surface area contributed by atoms with Gasteiger partial charge in [0.15, 0.2) is 5.13 Å². The predicted molar refractivity (Wildman–Crippen MR) is 139 cm³/mol. The minimum Gasteiger partial charge on any atom is -0.302 e. The van der Waals surface area contributed by atoms with E-state index in [2.05, 4.69) is 10.3 Å². The topological polar surface area (TPSA) is 72.7 Å². The van der Waals surface area contributed by atoms with Crippen molar-refractivity contribution >= 4 is 34.0 Å². The van der Waals surface area contributed by atoms with Crippen molar-refractivity contribution in [3.05, 3.63) is 101 Å². The molecule has 0 aliphatic heterocycles. The van der Waals surface area contributed by atoms with Crippen molar-refractivity contribution in [3.8, 4) is 27.5 Å². The molecule has 0 saturated carbocycles. The number of anilines is 1. The Morgan fingerprint density at radius 1 is 1.03 bits per heavy atom. The van der Waals surface area contributed by atoms with E-state index in [1.807, 2.05) is 77.6 Å². The number of benzene rings is 2. The van der Waals surface area contributed by atoms with E-state index >= 15 is 0 Å². The number of aromatic nitrogens is 4. The van der Waals surface area contributed by atoms with Crippen LogP contribution in [0.15, 0.2) is 79.1 Å². The number of thiazole rings is 1. The van der Waals surface area contributed by atoms with Crippen LogP contribution < -0.4 is 5.32 Å². The number of pyridine rings is 1. The lowest BCUT2D eigenvalue weighted by Crippen LogP contribution is -2.14. The van der Waals surface area contributed by atoms with Crippen LogP contribution in [0.5, 0.6) is 0 Å². The number of halogens is 1. The maximum absolute atomic E-state index is 12.7. The van der Waals surface area contributed by atoms with Gasteiger partial charge in [-0.2, -0.15) is 5.10 Å². The van der Waals surface area contributed by atoms with Gasteiger partial charge in [0.25, 0.3) is 0 Å². The summed E-state index contributed by atoms with van der Waals surface area (Å²) in [5.41, 5.74) is 6.68. The van der Waals surface area contributed by atoms with Gasteiger partial charge in [-0.15, -0.1) is 0 Å². The van der Waals surface area contributed by atoms with E-state index in [4.69, 9.17) is 21.7 Å². The number of para-hydroxylation sites is 1. The molecule has 172 valence electrons. The van der Waals surface area contributed by atoms with Crippen LogP contribution in [0.1, 0.15) is 16.8 Å². The number of nitrogens with one attached hydrogen (secondary N) is 1. The SMILES string of the molecule is O=C(Cc1ccccc1)Nc1nc2c(s1)-c1c(c(-c3cccnc3)nn1-c1ccccc1Cl)CC2. The van der Waals surface area contributed by atoms with Gasteiger partial charge in [0.2, 0.25) is 5.91 Å². The summed E-state index contributed by atoms with van der Waals surface area (Å²) < 4.78 is 1.91. The molecule has 1 aliphatic carbocycles. The molecule has 0 atom stereocenters. The highest BCUT2D eigenvalue weighted by atomic mass is 35.5. The van der Waals surface area contributed by atoms with Gasteiger partial charge in [-0.05, 0) is 42.7 Å². The molecule has 0 spiro atoms. The van der Waals surface area contributed by atoms with Crippen LogP contribution in [0, 0.1) is 0 Å². The average Bonchev–Trinajstić information content (AvgIpc) is 3.46. The van der Waals surface area contributed by atoms with Gasteiger partial charge in [-0.25, -0.2) is 9.67 Å². The van der Waals surface area contributed by atoms with Crippen molar-refractivity contribution in [2.24, 2.45) is 0 Å². The number of nitrogens with zero attached hydrogens (tertiary/aromatic N) is 4. The highest BCUT2D eigenvalue weighted by Gasteiger charge is 2.30. The number of carbonyl (C=O) groups excluding carboxylic acids is 1. The summed E-state index contributed by atoms with van der Waals surface area (Å²) >= 11 is 8.07. The molecule has 0 saturated heterocycles. The van der Waals surface area contributed by atoms with Gasteiger partial charge in [-0.1, -0.05) is 65.4 Å². The number of hydrogen-bond acceptors (Lipinski definition) is 5. The molecular formula is C27H20ClN5OS. The quantitative estimate of drug-likeness (QED) is 0.323. The zero-order chi connectivity index (χ0) is 23.8. The van der Waals surface area contributed by atoms with E-state index in [1.54, 1.807) is 6.20 Å². The monoisotopic (exact) mass is 497 g/mol. The van der Waals surface area contributed by atoms with Crippen molar-refractivity contribution < 1.29 is 4.79 Å². The van der Waals surface area contributed by atoms with Crippen LogP contribution in [0.4, 0.5) is 5.13 Å². The summed E-state index contributed by atoms with van der Waals surface area (Å²) in [7, 11) is 0. The molecule has 5 aromatic rings. The van der Waals surface area contributed by atoms with E-state index in [0.29, 0.717) is 16.6 Å². The van der Waals surface area contributed by atoms with Gasteiger partial charge < -0.3 is 5.32 Å². The molecule has 8 heteroatoms. The van der Waals surface area contributed by atoms with Crippen LogP contribution in [-0.2, 0) is 24.1 Å². The van der Waals surface area contributed by atoms with Crippen molar-refractivity contribution in [2.45, 2.75) is 19.3 Å². The maximum atomic E-state index is 12.7. The summed E-state index contributed by atoms with van der Waals surface area (Å²) in [6, 6.07) is 21.3. The Bertz CT molecular complexity index is 1530. The Balaban J connectivity index is 1.42. The first-order valence-corrected chi connectivity index (χ1v) is 12.5. The lowest BCUT2D eigenvalue weighted by molar-refractivity contribution is -0.115. The molecular weight excluding hydrogens is 478 g/mol. The van der Waals surface area contributed by atoms with Gasteiger partial charge in [0.1, 0.15) is 0 Å². The van der Waals surface area contributed by atoms with E-state index in [0.717, 1.165) is 57.2 Å². The van der Waals surface area contributed by atoms with Crippen LogP contribution in [0.25, 0.3) is 27.5 Å². The van der Waals surface area contributed by atoms with Gasteiger partial charge in [-0.3, -0.25) is 9.78 Å². The van der Waals surface area contributed by atoms with E-state index in [-0.39, 0.29) is 5.91 Å². The Morgan fingerprint density at radius 2 is 1.86 bits per heavy atom. The lowest BCUT2D eigenvalue weighted by atomic mass is 9.95. The minimum absolute atomic E-state index is 0.0850. The number of carbonyl (C=O) groups is 1. The molecule has 35 heavy (non-hydrogen) atoms. The molecule has 2 aromatic carbocycles. The highest BCUT2D eigenvalue weighted by Crippen LogP contribution is 2.44. The number of hydrogen-bond donors (Lipinski definition) is 1. The molecule has 0 bridgehead atoms. The van der Waals surface area contributed by atoms with Crippen molar-refractivity contribution in [1.29, 1.82) is 0 Å². The van der Waals surface area contributed by atoms with Crippen molar-refractivity contribution in [2.75, 3.05) is 5.32 Å². The second-order valence-electron chi connectivity index (χ2n) is 8.29. The fourth-order valence-corrected chi connectivity index (χ4v) is 5.70. The van der Waals surface area contributed by atoms with Gasteiger partial charge >= 0.3 is 0 Å². The number of fused-ring (bicyclic) bond motifs is 3. The standard InChI is InChI=1S/C27H20ClN5OS/c28-20-10-4-5-11-22(20)33-25-19(24(32-33)18-9-6-14-29-16-18)12-13-21-26(25)35-27(30-21)31-23(34)15-17-7-2-1-3-8-17/h1-11,14,16H,12-13,15H2,(H,30,31,34). The second kappa shape index (κ2) is 9.09. The van der Waals surface area contributed by atoms with E-state index < -0.39 is 0 Å². The van der Waals surface area contributed by atoms with Crippen molar-refractivity contribution in [1.82, 2.24) is 19.7 Å². The Morgan fingerprint density at radius 3 is 2.66 bits per heavy atom. The molecule has 6 nitrogen and oxygen atoms in total. The summed E-state index contributed by atoms with van der Waals surface area (Å²) in [5, 5.41) is 9.20. The molecule has 0 radical (unpaired) electrons. The summed E-state index contributed by atoms with van der Waals surface area (Å²) in [5.74, 6) is -0.0850. The fraction of sp³-hybridized carbons (Fsp3) is 0.111. The van der Waals surface area contributed by atoms with Gasteiger partial charge in [0, 0.05) is 23.5 Å². The Labute approximate surface area is 211 Å². The maximum Gasteiger partial charge on any atom is 0.230 e. The van der Waals surface area contributed by atoms with E-state index in [9.17, 15) is 4.79 Å². The van der Waals surface area contributed by atoms with Gasteiger partial charge in [0.05, 0.1) is 39.1 Å². The first-order chi connectivity index (χ1) is 17.2. The average molecular weight is 498 g/mol. The predicted octanol–water partition coefficient (Wildman–Crippen LogP) is 5.99. The summed E-state index contributed by atoms with van der Waals surface area (Å²) in [6.45, 7) is 0. The normalized spacial score (nSPS) is 12.1. The number of amides is 1. The molecule has 6 rings (SSSR count). The third-order valence-corrected chi connectivity index (χ3v) is 7.32. The zero-order valence-electron chi connectivity index (χ0n) is 18.6. The molecule has 1 aliphatic rings. The van der Waals surface area contributed by atoms with Crippen molar-refractivity contribution in [3.63, 3.8) is 0 Å². The Hall–Kier alpha value is -3.81. The Kier molecular flexibility index (Phi) is 5.64. The second-order valence-corrected chi connectivity index (χ2v) is 9.69. The first kappa shape index (κ1) is 21.7. The van der Waals surface area contributed by atoms with Crippen LogP contribution >= 0.6 is 22.9 Å². The smallest absolute Gasteiger partial charge is 0.230 e. The third kappa shape index (κ3) is 4.13. The van der Waals surface area contributed by atoms with E-state index in [1.165, 1.54) is 11.3 Å². The molecule has 3 heterocycles. The highest BCUT2D eigenvalue weighted by molar-refractivity contribution is 7.19. The first-order valence-electron chi connectivity index (χ1n) is 11.3. The summed E-state index contributed by atoms with van der Waals surface area (Å²) in [6.07, 6.45) is 5.45. The van der Waals surface area contributed by atoms with Crippen LogP contribution in [0.3, 0.4) is 0 Å². The fourth-order valence-electron chi connectivity index (χ4n) is 4.40. The molecule has 0 fully saturated rings. The molecule has 0 unspecified atom stereocenters. The molecule has 1 amide bonds.